The van der Waals surface area contributed by atoms with Crippen LogP contribution in [-0.4, -0.2) is 37.8 Å². The summed E-state index contributed by atoms with van der Waals surface area (Å²) in [5.74, 6) is 0.822. The third-order valence-corrected chi connectivity index (χ3v) is 5.64. The van der Waals surface area contributed by atoms with E-state index in [-0.39, 0.29) is 29.8 Å². The second-order valence-corrected chi connectivity index (χ2v) is 7.04. The van der Waals surface area contributed by atoms with E-state index in [4.69, 9.17) is 15.2 Å². The summed E-state index contributed by atoms with van der Waals surface area (Å²) in [6, 6.07) is 5.84. The molecular weight excluding hydrogens is 328 g/mol. The maximum absolute atomic E-state index is 13.1. The number of methoxy groups -OCH3 is 1. The van der Waals surface area contributed by atoms with E-state index in [9.17, 15) is 4.79 Å². The predicted octanol–water partition coefficient (Wildman–Crippen LogP) is 2.54. The number of hydrogen-bond donors (Lipinski definition) is 1. The zero-order valence-electron chi connectivity index (χ0n) is 14.8. The highest BCUT2D eigenvalue weighted by Gasteiger charge is 2.64. The summed E-state index contributed by atoms with van der Waals surface area (Å²) in [4.78, 5) is 15.0. The predicted molar refractivity (Wildman–Crippen MR) is 97.0 cm³/mol. The highest BCUT2D eigenvalue weighted by atomic mass is 35.5. The molecule has 0 radical (unpaired) electrons. The third-order valence-electron chi connectivity index (χ3n) is 5.64. The van der Waals surface area contributed by atoms with Crippen molar-refractivity contribution < 1.29 is 14.3 Å². The minimum atomic E-state index is -0.867. The number of rotatable bonds is 4. The molecule has 1 amide bonds. The molecule has 2 aliphatic rings. The monoisotopic (exact) mass is 354 g/mol. The van der Waals surface area contributed by atoms with E-state index >= 15 is 0 Å². The SMILES string of the molecule is CCOC1CC(N)(C(=O)N2CCc3cc(OC)ccc32)C1(C)C.Cl. The van der Waals surface area contributed by atoms with Crippen LogP contribution in [0.1, 0.15) is 32.8 Å². The first-order valence-corrected chi connectivity index (χ1v) is 8.24. The summed E-state index contributed by atoms with van der Waals surface area (Å²) < 4.78 is 11.0. The molecule has 1 heterocycles. The summed E-state index contributed by atoms with van der Waals surface area (Å²) in [7, 11) is 1.65. The highest BCUT2D eigenvalue weighted by Crippen LogP contribution is 2.51. The van der Waals surface area contributed by atoms with Gasteiger partial charge < -0.3 is 20.1 Å². The van der Waals surface area contributed by atoms with E-state index in [1.807, 2.05) is 43.9 Å². The Morgan fingerprint density at radius 3 is 2.71 bits per heavy atom. The van der Waals surface area contributed by atoms with E-state index < -0.39 is 5.54 Å². The van der Waals surface area contributed by atoms with Gasteiger partial charge in [-0.05, 0) is 37.1 Å². The normalized spacial score (nSPS) is 27.0. The maximum atomic E-state index is 13.1. The first-order chi connectivity index (χ1) is 10.8. The van der Waals surface area contributed by atoms with E-state index in [1.54, 1.807) is 7.11 Å². The number of anilines is 1. The van der Waals surface area contributed by atoms with Crippen LogP contribution < -0.4 is 15.4 Å². The Labute approximate surface area is 149 Å². The van der Waals surface area contributed by atoms with Gasteiger partial charge in [0.05, 0.1) is 13.2 Å². The van der Waals surface area contributed by atoms with Crippen molar-refractivity contribution in [3.05, 3.63) is 23.8 Å². The minimum Gasteiger partial charge on any atom is -0.497 e. The van der Waals surface area contributed by atoms with Gasteiger partial charge in [0.15, 0.2) is 0 Å². The number of ether oxygens (including phenoxy) is 2. The fourth-order valence-electron chi connectivity index (χ4n) is 3.76. The van der Waals surface area contributed by atoms with Crippen molar-refractivity contribution >= 4 is 24.0 Å². The number of carbonyl (C=O) groups is 1. The molecule has 2 N–H and O–H groups in total. The second-order valence-electron chi connectivity index (χ2n) is 7.04. The zero-order valence-corrected chi connectivity index (χ0v) is 15.6. The molecule has 0 saturated heterocycles. The minimum absolute atomic E-state index is 0. The maximum Gasteiger partial charge on any atom is 0.247 e. The van der Waals surface area contributed by atoms with Crippen LogP contribution in [0.15, 0.2) is 18.2 Å². The smallest absolute Gasteiger partial charge is 0.247 e. The summed E-state index contributed by atoms with van der Waals surface area (Å²) in [5.41, 5.74) is 7.40. The Hall–Kier alpha value is -1.30. The van der Waals surface area contributed by atoms with Crippen LogP contribution in [0.4, 0.5) is 5.69 Å². The summed E-state index contributed by atoms with van der Waals surface area (Å²) in [6.45, 7) is 7.35. The topological polar surface area (TPSA) is 64.8 Å². The molecule has 134 valence electrons. The van der Waals surface area contributed by atoms with Crippen LogP contribution in [0.5, 0.6) is 5.75 Å². The van der Waals surface area contributed by atoms with Crippen molar-refractivity contribution in [3.63, 3.8) is 0 Å². The Kier molecular flexibility index (Phi) is 5.19. The van der Waals surface area contributed by atoms with Gasteiger partial charge in [0, 0.05) is 30.7 Å². The van der Waals surface area contributed by atoms with E-state index in [0.717, 1.165) is 23.4 Å². The van der Waals surface area contributed by atoms with Gasteiger partial charge in [-0.2, -0.15) is 0 Å². The molecule has 0 aromatic heterocycles. The van der Waals surface area contributed by atoms with Gasteiger partial charge in [-0.3, -0.25) is 4.79 Å². The van der Waals surface area contributed by atoms with Gasteiger partial charge in [0.25, 0.3) is 0 Å². The van der Waals surface area contributed by atoms with E-state index in [0.29, 0.717) is 19.6 Å². The molecule has 1 aromatic carbocycles. The summed E-state index contributed by atoms with van der Waals surface area (Å²) in [6.07, 6.45) is 1.46. The average Bonchev–Trinajstić information content (AvgIpc) is 2.96. The van der Waals surface area contributed by atoms with Gasteiger partial charge in [-0.15, -0.1) is 12.4 Å². The number of benzene rings is 1. The lowest BCUT2D eigenvalue weighted by Gasteiger charge is -2.58. The molecular formula is C18H27ClN2O3. The molecule has 1 aromatic rings. The number of halogens is 1. The Balaban J connectivity index is 0.00000208. The molecule has 2 unspecified atom stereocenters. The first-order valence-electron chi connectivity index (χ1n) is 8.24. The number of hydrogen-bond acceptors (Lipinski definition) is 4. The van der Waals surface area contributed by atoms with E-state index in [1.165, 1.54) is 0 Å². The molecule has 0 bridgehead atoms. The van der Waals surface area contributed by atoms with Crippen molar-refractivity contribution in [1.29, 1.82) is 0 Å². The lowest BCUT2D eigenvalue weighted by molar-refractivity contribution is -0.168. The van der Waals surface area contributed by atoms with Crippen LogP contribution in [0, 0.1) is 5.41 Å². The quantitative estimate of drug-likeness (QED) is 0.902. The highest BCUT2D eigenvalue weighted by molar-refractivity contribution is 6.03. The fourth-order valence-corrected chi connectivity index (χ4v) is 3.76. The van der Waals surface area contributed by atoms with Crippen molar-refractivity contribution in [3.8, 4) is 5.75 Å². The van der Waals surface area contributed by atoms with Crippen LogP contribution in [0.25, 0.3) is 0 Å². The number of amides is 1. The number of fused-ring (bicyclic) bond motifs is 1. The molecule has 5 nitrogen and oxygen atoms in total. The molecule has 1 saturated carbocycles. The molecule has 6 heteroatoms. The van der Waals surface area contributed by atoms with E-state index in [2.05, 4.69) is 0 Å². The van der Waals surface area contributed by atoms with Crippen molar-refractivity contribution in [2.24, 2.45) is 11.1 Å². The van der Waals surface area contributed by atoms with Crippen LogP contribution in [0.3, 0.4) is 0 Å². The van der Waals surface area contributed by atoms with Crippen LogP contribution in [-0.2, 0) is 16.0 Å². The van der Waals surface area contributed by atoms with Crippen molar-refractivity contribution in [2.45, 2.75) is 45.3 Å². The largest absolute Gasteiger partial charge is 0.497 e. The Morgan fingerprint density at radius 2 is 2.12 bits per heavy atom. The number of nitrogens with two attached hydrogens (primary N) is 1. The Bertz CT molecular complexity index is 635. The number of carbonyl (C=O) groups excluding carboxylic acids is 1. The lowest BCUT2D eigenvalue weighted by atomic mass is 9.54. The molecule has 1 aliphatic carbocycles. The van der Waals surface area contributed by atoms with Crippen LogP contribution >= 0.6 is 12.4 Å². The van der Waals surface area contributed by atoms with Gasteiger partial charge in [-0.1, -0.05) is 13.8 Å². The summed E-state index contributed by atoms with van der Waals surface area (Å²) >= 11 is 0. The fraction of sp³-hybridized carbons (Fsp3) is 0.611. The standard InChI is InChI=1S/C18H26N2O3.ClH/c1-5-23-15-11-18(19,17(15,2)3)16(21)20-9-8-12-10-13(22-4)6-7-14(12)20;/h6-7,10,15H,5,8-9,11,19H2,1-4H3;1H. The van der Waals surface area contributed by atoms with Crippen molar-refractivity contribution in [1.82, 2.24) is 0 Å². The Morgan fingerprint density at radius 1 is 1.42 bits per heavy atom. The molecule has 1 aliphatic heterocycles. The number of nitrogens with zero attached hydrogens (tertiary/aromatic N) is 1. The molecule has 3 rings (SSSR count). The zero-order chi connectivity index (χ0) is 16.8. The molecule has 2 atom stereocenters. The third kappa shape index (κ3) is 2.59. The van der Waals surface area contributed by atoms with Gasteiger partial charge >= 0.3 is 0 Å². The molecule has 24 heavy (non-hydrogen) atoms. The summed E-state index contributed by atoms with van der Waals surface area (Å²) in [5, 5.41) is 0. The van der Waals surface area contributed by atoms with Crippen LogP contribution in [0.2, 0.25) is 0 Å². The average molecular weight is 355 g/mol. The molecule has 0 spiro atoms. The van der Waals surface area contributed by atoms with Gasteiger partial charge in [0.2, 0.25) is 5.91 Å². The van der Waals surface area contributed by atoms with Crippen molar-refractivity contribution in [2.75, 3.05) is 25.2 Å². The second kappa shape index (κ2) is 6.54. The molecule has 1 fully saturated rings. The lowest BCUT2D eigenvalue weighted by Crippen LogP contribution is -2.76. The van der Waals surface area contributed by atoms with Gasteiger partial charge in [-0.25, -0.2) is 0 Å². The van der Waals surface area contributed by atoms with Gasteiger partial charge in [0.1, 0.15) is 11.3 Å². The first kappa shape index (κ1) is 19.0.